The van der Waals surface area contributed by atoms with Gasteiger partial charge in [0.05, 0.1) is 6.07 Å². The minimum absolute atomic E-state index is 0.476. The predicted molar refractivity (Wildman–Crippen MR) is 67.2 cm³/mol. The lowest BCUT2D eigenvalue weighted by atomic mass is 9.91. The van der Waals surface area contributed by atoms with Crippen LogP contribution >= 0.6 is 11.8 Å². The van der Waals surface area contributed by atoms with E-state index in [1.54, 1.807) is 0 Å². The van der Waals surface area contributed by atoms with Gasteiger partial charge in [0.2, 0.25) is 5.91 Å². The number of hydrogen-bond donors (Lipinski definition) is 2. The van der Waals surface area contributed by atoms with Crippen molar-refractivity contribution in [3.63, 3.8) is 0 Å². The number of thioether (sulfide) groups is 1. The van der Waals surface area contributed by atoms with Crippen molar-refractivity contribution in [3.05, 3.63) is 35.9 Å². The van der Waals surface area contributed by atoms with Crippen molar-refractivity contribution in [2.75, 3.05) is 12.3 Å². The molecule has 2 unspecified atom stereocenters. The van der Waals surface area contributed by atoms with Gasteiger partial charge in [0.25, 0.3) is 0 Å². The predicted octanol–water partition coefficient (Wildman–Crippen LogP) is 0.812. The molecule has 1 aromatic carbocycles. The zero-order chi connectivity index (χ0) is 12.3. The highest BCUT2D eigenvalue weighted by Crippen LogP contribution is 2.39. The highest BCUT2D eigenvalue weighted by atomic mass is 32.2. The molecule has 4 nitrogen and oxygen atoms in total. The van der Waals surface area contributed by atoms with Crippen LogP contribution in [0.1, 0.15) is 11.5 Å². The van der Waals surface area contributed by atoms with Crippen LogP contribution in [0.15, 0.2) is 30.3 Å². The Morgan fingerprint density at radius 2 is 2.24 bits per heavy atom. The van der Waals surface area contributed by atoms with Crippen LogP contribution in [-0.4, -0.2) is 23.1 Å². The molecule has 1 aliphatic rings. The number of carbonyl (C=O) groups excluding carboxylic acids is 1. The number of nitrogens with zero attached hydrogens (tertiary/aromatic N) is 1. The van der Waals surface area contributed by atoms with Crippen LogP contribution in [0.4, 0.5) is 0 Å². The Kier molecular flexibility index (Phi) is 3.36. The van der Waals surface area contributed by atoms with Gasteiger partial charge in [0.1, 0.15) is 5.92 Å². The fraction of sp³-hybridized carbons (Fsp3) is 0.333. The molecule has 0 saturated carbocycles. The number of nitriles is 1. The molecular formula is C12H13N3OS. The quantitative estimate of drug-likeness (QED) is 0.828. The lowest BCUT2D eigenvalue weighted by Crippen LogP contribution is -2.53. The molecule has 2 rings (SSSR count). The molecule has 1 fully saturated rings. The number of benzene rings is 1. The Bertz CT molecular complexity index is 449. The normalized spacial score (nSPS) is 25.1. The Morgan fingerprint density at radius 3 is 2.71 bits per heavy atom. The minimum Gasteiger partial charge on any atom is -0.367 e. The first-order valence-corrected chi connectivity index (χ1v) is 6.33. The van der Waals surface area contributed by atoms with E-state index in [-0.39, 0.29) is 0 Å². The molecule has 17 heavy (non-hydrogen) atoms. The first kappa shape index (κ1) is 12.0. The summed E-state index contributed by atoms with van der Waals surface area (Å²) in [4.78, 5) is 10.7. The topological polar surface area (TPSA) is 78.9 Å². The van der Waals surface area contributed by atoms with Crippen LogP contribution in [0.25, 0.3) is 0 Å². The lowest BCUT2D eigenvalue weighted by molar-refractivity contribution is -0.121. The van der Waals surface area contributed by atoms with Crippen molar-refractivity contribution in [1.82, 2.24) is 5.32 Å². The third kappa shape index (κ3) is 2.02. The fourth-order valence-electron chi connectivity index (χ4n) is 2.03. The van der Waals surface area contributed by atoms with E-state index in [1.807, 2.05) is 30.3 Å². The molecule has 1 aliphatic heterocycles. The van der Waals surface area contributed by atoms with Crippen LogP contribution < -0.4 is 11.1 Å². The summed E-state index contributed by atoms with van der Waals surface area (Å²) in [5.74, 6) is -0.252. The standard InChI is InChI=1S/C12H13N3OS/c13-8-10(9-4-2-1-3-5-9)12(11(14)16)15-6-7-17-12/h1-5,10,15H,6-7H2,(H2,14,16). The van der Waals surface area contributed by atoms with E-state index in [0.717, 1.165) is 11.3 Å². The van der Waals surface area contributed by atoms with Gasteiger partial charge < -0.3 is 5.73 Å². The Morgan fingerprint density at radius 1 is 1.53 bits per heavy atom. The maximum absolute atomic E-state index is 11.7. The van der Waals surface area contributed by atoms with Crippen LogP contribution in [0, 0.1) is 11.3 Å². The highest BCUT2D eigenvalue weighted by Gasteiger charge is 2.48. The van der Waals surface area contributed by atoms with Gasteiger partial charge in [-0.1, -0.05) is 30.3 Å². The zero-order valence-corrected chi connectivity index (χ0v) is 10.0. The molecule has 1 saturated heterocycles. The summed E-state index contributed by atoms with van der Waals surface area (Å²) in [7, 11) is 0. The zero-order valence-electron chi connectivity index (χ0n) is 9.22. The Hall–Kier alpha value is -1.51. The summed E-state index contributed by atoms with van der Waals surface area (Å²) in [6, 6.07) is 11.5. The molecule has 1 amide bonds. The molecule has 1 heterocycles. The van der Waals surface area contributed by atoms with Crippen molar-refractivity contribution < 1.29 is 4.79 Å². The van der Waals surface area contributed by atoms with E-state index in [1.165, 1.54) is 11.8 Å². The molecule has 1 aromatic rings. The molecule has 0 aromatic heterocycles. The van der Waals surface area contributed by atoms with E-state index in [2.05, 4.69) is 11.4 Å². The third-order valence-corrected chi connectivity index (χ3v) is 4.30. The Labute approximate surface area is 104 Å². The van der Waals surface area contributed by atoms with E-state index in [9.17, 15) is 10.1 Å². The number of amides is 1. The van der Waals surface area contributed by atoms with Gasteiger partial charge >= 0.3 is 0 Å². The van der Waals surface area contributed by atoms with Crippen molar-refractivity contribution in [3.8, 4) is 6.07 Å². The van der Waals surface area contributed by atoms with Crippen LogP contribution in [-0.2, 0) is 4.79 Å². The summed E-state index contributed by atoms with van der Waals surface area (Å²) < 4.78 is 0. The molecule has 88 valence electrons. The van der Waals surface area contributed by atoms with E-state index < -0.39 is 16.7 Å². The van der Waals surface area contributed by atoms with E-state index in [0.29, 0.717) is 6.54 Å². The van der Waals surface area contributed by atoms with Crippen LogP contribution in [0.2, 0.25) is 0 Å². The van der Waals surface area contributed by atoms with Gasteiger partial charge in [-0.15, -0.1) is 11.8 Å². The van der Waals surface area contributed by atoms with Crippen LogP contribution in [0.5, 0.6) is 0 Å². The molecule has 0 radical (unpaired) electrons. The third-order valence-electron chi connectivity index (χ3n) is 2.85. The van der Waals surface area contributed by atoms with Gasteiger partial charge in [-0.3, -0.25) is 10.1 Å². The van der Waals surface area contributed by atoms with Crippen LogP contribution in [0.3, 0.4) is 0 Å². The van der Waals surface area contributed by atoms with Gasteiger partial charge in [-0.05, 0) is 5.56 Å². The van der Waals surface area contributed by atoms with Crippen molar-refractivity contribution in [1.29, 1.82) is 5.26 Å². The van der Waals surface area contributed by atoms with Crippen molar-refractivity contribution in [2.24, 2.45) is 5.73 Å². The van der Waals surface area contributed by atoms with Gasteiger partial charge in [-0.2, -0.15) is 5.26 Å². The number of carbonyl (C=O) groups is 1. The fourth-order valence-corrected chi connectivity index (χ4v) is 3.26. The minimum atomic E-state index is -0.990. The molecule has 3 N–H and O–H groups in total. The number of hydrogen-bond acceptors (Lipinski definition) is 4. The number of nitrogens with one attached hydrogen (secondary N) is 1. The molecule has 5 heteroatoms. The van der Waals surface area contributed by atoms with E-state index in [4.69, 9.17) is 5.73 Å². The number of nitrogens with two attached hydrogens (primary N) is 1. The maximum atomic E-state index is 11.7. The lowest BCUT2D eigenvalue weighted by Gasteiger charge is -2.29. The largest absolute Gasteiger partial charge is 0.367 e. The summed E-state index contributed by atoms with van der Waals surface area (Å²) in [6.45, 7) is 0.693. The van der Waals surface area contributed by atoms with Crippen molar-refractivity contribution >= 4 is 17.7 Å². The first-order chi connectivity index (χ1) is 8.20. The molecular weight excluding hydrogens is 234 g/mol. The number of rotatable bonds is 3. The summed E-state index contributed by atoms with van der Waals surface area (Å²) in [5, 5.41) is 12.4. The average Bonchev–Trinajstić information content (AvgIpc) is 2.82. The van der Waals surface area contributed by atoms with Gasteiger partial charge in [-0.25, -0.2) is 0 Å². The summed E-state index contributed by atoms with van der Waals surface area (Å²) in [6.07, 6.45) is 0. The monoisotopic (exact) mass is 247 g/mol. The second-order valence-corrected chi connectivity index (χ2v) is 5.19. The van der Waals surface area contributed by atoms with E-state index >= 15 is 0 Å². The molecule has 2 atom stereocenters. The highest BCUT2D eigenvalue weighted by molar-refractivity contribution is 8.01. The second kappa shape index (κ2) is 4.78. The molecule has 0 spiro atoms. The molecule has 0 bridgehead atoms. The summed E-state index contributed by atoms with van der Waals surface area (Å²) in [5.41, 5.74) is 6.29. The second-order valence-electron chi connectivity index (χ2n) is 3.85. The Balaban J connectivity index is 2.42. The SMILES string of the molecule is N#CC(c1ccccc1)C1(C(N)=O)NCCS1. The molecule has 0 aliphatic carbocycles. The average molecular weight is 247 g/mol. The smallest absolute Gasteiger partial charge is 0.249 e. The first-order valence-electron chi connectivity index (χ1n) is 5.34. The maximum Gasteiger partial charge on any atom is 0.249 e. The van der Waals surface area contributed by atoms with Gasteiger partial charge in [0, 0.05) is 12.3 Å². The number of primary amides is 1. The summed E-state index contributed by atoms with van der Waals surface area (Å²) >= 11 is 1.42. The van der Waals surface area contributed by atoms with Crippen molar-refractivity contribution in [2.45, 2.75) is 10.8 Å². The van der Waals surface area contributed by atoms with Gasteiger partial charge in [0.15, 0.2) is 4.87 Å².